The molecule has 7 nitrogen and oxygen atoms in total. The second-order valence-corrected chi connectivity index (χ2v) is 7.58. The van der Waals surface area contributed by atoms with Gasteiger partial charge in [-0.2, -0.15) is 9.57 Å². The number of hydrogen-bond donors (Lipinski definition) is 0. The normalized spacial score (nSPS) is 16.1. The maximum Gasteiger partial charge on any atom is 0.248 e. The number of aryl methyl sites for hydroxylation is 2. The van der Waals surface area contributed by atoms with E-state index in [0.29, 0.717) is 43.2 Å². The molecule has 0 radical (unpaired) electrons. The van der Waals surface area contributed by atoms with Gasteiger partial charge < -0.3 is 9.42 Å². The Morgan fingerprint density at radius 2 is 1.75 bits per heavy atom. The summed E-state index contributed by atoms with van der Waals surface area (Å²) in [6.07, 6.45) is 0. The molecule has 1 saturated heterocycles. The Bertz CT molecular complexity index is 854. The molecular formula is C16H18N4O3S. The Balaban J connectivity index is 1.74. The molecule has 126 valence electrons. The van der Waals surface area contributed by atoms with Crippen LogP contribution >= 0.6 is 0 Å². The Hall–Kier alpha value is -2.37. The minimum atomic E-state index is -3.59. The number of sulfonamides is 1. The van der Waals surface area contributed by atoms with Gasteiger partial charge >= 0.3 is 0 Å². The summed E-state index contributed by atoms with van der Waals surface area (Å²) < 4.78 is 32.0. The molecule has 24 heavy (non-hydrogen) atoms. The lowest BCUT2D eigenvalue weighted by molar-refractivity contribution is 0.378. The van der Waals surface area contributed by atoms with Gasteiger partial charge in [0, 0.05) is 31.9 Å². The Morgan fingerprint density at radius 3 is 2.25 bits per heavy atom. The number of piperazine rings is 1. The van der Waals surface area contributed by atoms with Crippen molar-refractivity contribution in [1.82, 2.24) is 9.46 Å². The molecule has 1 aliphatic rings. The standard InChI is InChI=1S/C16H18N4O3S/c1-12-16(13(2)23-18-12)24(21,22)20-9-7-19(8-10-20)15-5-3-14(11-17)4-6-15/h3-6H,7-10H2,1-2H3. The van der Waals surface area contributed by atoms with E-state index >= 15 is 0 Å². The van der Waals surface area contributed by atoms with Gasteiger partial charge in [-0.05, 0) is 38.1 Å². The highest BCUT2D eigenvalue weighted by molar-refractivity contribution is 7.89. The van der Waals surface area contributed by atoms with Crippen molar-refractivity contribution < 1.29 is 12.9 Å². The van der Waals surface area contributed by atoms with Gasteiger partial charge in [0.1, 0.15) is 10.6 Å². The molecule has 0 spiro atoms. The van der Waals surface area contributed by atoms with E-state index in [9.17, 15) is 8.42 Å². The predicted molar refractivity (Wildman–Crippen MR) is 88.1 cm³/mol. The first-order chi connectivity index (χ1) is 11.4. The third-order valence-electron chi connectivity index (χ3n) is 4.17. The van der Waals surface area contributed by atoms with Gasteiger partial charge in [0.2, 0.25) is 10.0 Å². The highest BCUT2D eigenvalue weighted by Gasteiger charge is 2.33. The second kappa shape index (κ2) is 6.26. The van der Waals surface area contributed by atoms with Crippen molar-refractivity contribution in [3.63, 3.8) is 0 Å². The molecule has 0 unspecified atom stereocenters. The van der Waals surface area contributed by atoms with Crippen molar-refractivity contribution in [2.45, 2.75) is 18.7 Å². The van der Waals surface area contributed by atoms with Crippen LogP contribution in [0.15, 0.2) is 33.7 Å². The van der Waals surface area contributed by atoms with E-state index in [4.69, 9.17) is 9.78 Å². The molecular weight excluding hydrogens is 328 g/mol. The van der Waals surface area contributed by atoms with Gasteiger partial charge in [0.25, 0.3) is 0 Å². The van der Waals surface area contributed by atoms with Gasteiger partial charge in [0.15, 0.2) is 5.76 Å². The van der Waals surface area contributed by atoms with Gasteiger partial charge in [0.05, 0.1) is 11.6 Å². The lowest BCUT2D eigenvalue weighted by Gasteiger charge is -2.35. The van der Waals surface area contributed by atoms with Crippen LogP contribution in [0.3, 0.4) is 0 Å². The van der Waals surface area contributed by atoms with Crippen LogP contribution in [0.1, 0.15) is 17.0 Å². The van der Waals surface area contributed by atoms with Crippen molar-refractivity contribution in [3.05, 3.63) is 41.3 Å². The van der Waals surface area contributed by atoms with E-state index in [-0.39, 0.29) is 4.90 Å². The maximum absolute atomic E-state index is 12.8. The first kappa shape index (κ1) is 16.5. The number of hydrogen-bond acceptors (Lipinski definition) is 6. The molecule has 1 aromatic carbocycles. The van der Waals surface area contributed by atoms with Gasteiger partial charge in [-0.3, -0.25) is 0 Å². The Labute approximate surface area is 141 Å². The van der Waals surface area contributed by atoms with Gasteiger partial charge in [-0.25, -0.2) is 8.42 Å². The molecule has 3 rings (SSSR count). The summed E-state index contributed by atoms with van der Waals surface area (Å²) in [5.74, 6) is 0.321. The molecule has 0 N–H and O–H groups in total. The third kappa shape index (κ3) is 2.88. The minimum Gasteiger partial charge on any atom is -0.369 e. The zero-order valence-corrected chi connectivity index (χ0v) is 14.4. The summed E-state index contributed by atoms with van der Waals surface area (Å²) in [7, 11) is -3.59. The molecule has 2 heterocycles. The highest BCUT2D eigenvalue weighted by atomic mass is 32.2. The van der Waals surface area contributed by atoms with Crippen LogP contribution in [-0.2, 0) is 10.0 Å². The number of anilines is 1. The first-order valence-corrected chi connectivity index (χ1v) is 9.05. The topological polar surface area (TPSA) is 90.4 Å². The van der Waals surface area contributed by atoms with Crippen LogP contribution in [0.2, 0.25) is 0 Å². The molecule has 1 aliphatic heterocycles. The minimum absolute atomic E-state index is 0.175. The van der Waals surface area contributed by atoms with E-state index < -0.39 is 10.0 Å². The fraction of sp³-hybridized carbons (Fsp3) is 0.375. The van der Waals surface area contributed by atoms with Crippen molar-refractivity contribution in [2.24, 2.45) is 0 Å². The van der Waals surface area contributed by atoms with Crippen molar-refractivity contribution in [3.8, 4) is 6.07 Å². The van der Waals surface area contributed by atoms with E-state index in [1.54, 1.807) is 26.0 Å². The molecule has 1 aromatic heterocycles. The van der Waals surface area contributed by atoms with Crippen LogP contribution in [-0.4, -0.2) is 44.1 Å². The third-order valence-corrected chi connectivity index (χ3v) is 6.31. The second-order valence-electron chi connectivity index (χ2n) is 5.70. The van der Waals surface area contributed by atoms with Crippen LogP contribution in [0.25, 0.3) is 0 Å². The summed E-state index contributed by atoms with van der Waals surface area (Å²) in [5, 5.41) is 12.6. The zero-order valence-electron chi connectivity index (χ0n) is 13.6. The van der Waals surface area contributed by atoms with Crippen LogP contribution in [0.5, 0.6) is 0 Å². The Morgan fingerprint density at radius 1 is 1.12 bits per heavy atom. The lowest BCUT2D eigenvalue weighted by atomic mass is 10.2. The van der Waals surface area contributed by atoms with Crippen molar-refractivity contribution >= 4 is 15.7 Å². The van der Waals surface area contributed by atoms with Crippen molar-refractivity contribution in [1.29, 1.82) is 5.26 Å². The average molecular weight is 346 g/mol. The van der Waals surface area contributed by atoms with Crippen LogP contribution in [0, 0.1) is 25.2 Å². The zero-order chi connectivity index (χ0) is 17.3. The molecule has 0 saturated carbocycles. The van der Waals surface area contributed by atoms with E-state index in [1.807, 2.05) is 12.1 Å². The molecule has 0 amide bonds. The number of benzene rings is 1. The summed E-state index contributed by atoms with van der Waals surface area (Å²) in [6.45, 7) is 5.22. The van der Waals surface area contributed by atoms with Gasteiger partial charge in [-0.1, -0.05) is 5.16 Å². The number of rotatable bonds is 3. The fourth-order valence-corrected chi connectivity index (χ4v) is 4.62. The fourth-order valence-electron chi connectivity index (χ4n) is 2.91. The Kier molecular flexibility index (Phi) is 4.30. The summed E-state index contributed by atoms with van der Waals surface area (Å²) in [4.78, 5) is 2.29. The molecule has 0 bridgehead atoms. The monoisotopic (exact) mass is 346 g/mol. The van der Waals surface area contributed by atoms with Crippen LogP contribution < -0.4 is 4.90 Å². The van der Waals surface area contributed by atoms with Crippen LogP contribution in [0.4, 0.5) is 5.69 Å². The maximum atomic E-state index is 12.8. The average Bonchev–Trinajstić information content (AvgIpc) is 2.94. The number of nitrogens with zero attached hydrogens (tertiary/aromatic N) is 4. The largest absolute Gasteiger partial charge is 0.369 e. The predicted octanol–water partition coefficient (Wildman–Crippen LogP) is 1.67. The molecule has 2 aromatic rings. The summed E-state index contributed by atoms with van der Waals surface area (Å²) in [5.41, 5.74) is 1.99. The number of nitriles is 1. The molecule has 1 fully saturated rings. The molecule has 0 aliphatic carbocycles. The van der Waals surface area contributed by atoms with Crippen molar-refractivity contribution in [2.75, 3.05) is 31.1 Å². The van der Waals surface area contributed by atoms with E-state index in [1.165, 1.54) is 4.31 Å². The smallest absolute Gasteiger partial charge is 0.248 e. The lowest BCUT2D eigenvalue weighted by Crippen LogP contribution is -2.48. The number of aromatic nitrogens is 1. The summed E-state index contributed by atoms with van der Waals surface area (Å²) >= 11 is 0. The summed E-state index contributed by atoms with van der Waals surface area (Å²) in [6, 6.07) is 9.39. The van der Waals surface area contributed by atoms with E-state index in [2.05, 4.69) is 16.1 Å². The molecule has 8 heteroatoms. The van der Waals surface area contributed by atoms with E-state index in [0.717, 1.165) is 5.69 Å². The first-order valence-electron chi connectivity index (χ1n) is 7.61. The quantitative estimate of drug-likeness (QED) is 0.840. The highest BCUT2D eigenvalue weighted by Crippen LogP contribution is 2.25. The SMILES string of the molecule is Cc1noc(C)c1S(=O)(=O)N1CCN(c2ccc(C#N)cc2)CC1. The van der Waals surface area contributed by atoms with Gasteiger partial charge in [-0.15, -0.1) is 0 Å². The molecule has 0 atom stereocenters.